The number of nitrogens with one attached hydrogen (secondary N) is 1. The van der Waals surface area contributed by atoms with Crippen molar-refractivity contribution in [2.75, 3.05) is 13.2 Å². The Morgan fingerprint density at radius 3 is 2.04 bits per heavy atom. The first-order chi connectivity index (χ1) is 13.5. The van der Waals surface area contributed by atoms with E-state index in [4.69, 9.17) is 9.96 Å². The van der Waals surface area contributed by atoms with Gasteiger partial charge in [0.05, 0.1) is 6.61 Å². The average Bonchev–Trinajstić information content (AvgIpc) is 2.70. The van der Waals surface area contributed by atoms with Gasteiger partial charge in [-0.15, -0.1) is 0 Å². The Bertz CT molecular complexity index is 753. The minimum atomic E-state index is -2.49. The SMILES string of the molecule is CC(C)(C)[Si](OCC1CCC(N=[N+]=[N-])CN1)(c1ccccc1)c1ccccc1. The minimum Gasteiger partial charge on any atom is -0.406 e. The van der Waals surface area contributed by atoms with E-state index in [1.54, 1.807) is 0 Å². The summed E-state index contributed by atoms with van der Waals surface area (Å²) in [5, 5.41) is 9.95. The Kier molecular flexibility index (Phi) is 6.57. The van der Waals surface area contributed by atoms with Crippen molar-refractivity contribution in [1.29, 1.82) is 0 Å². The van der Waals surface area contributed by atoms with Crippen molar-refractivity contribution in [2.45, 2.75) is 50.7 Å². The van der Waals surface area contributed by atoms with Crippen LogP contribution in [0.25, 0.3) is 10.4 Å². The number of nitrogens with zero attached hydrogens (tertiary/aromatic N) is 3. The van der Waals surface area contributed by atoms with Gasteiger partial charge in [-0.2, -0.15) is 0 Å². The molecule has 0 saturated carbocycles. The summed E-state index contributed by atoms with van der Waals surface area (Å²) in [7, 11) is -2.49. The fourth-order valence-electron chi connectivity index (χ4n) is 4.20. The molecule has 1 aliphatic rings. The van der Waals surface area contributed by atoms with E-state index in [2.05, 4.69) is 96.8 Å². The minimum absolute atomic E-state index is 0.0159. The number of azide groups is 1. The lowest BCUT2D eigenvalue weighted by Gasteiger charge is -2.44. The van der Waals surface area contributed by atoms with Crippen LogP contribution in [0, 0.1) is 0 Å². The van der Waals surface area contributed by atoms with Crippen molar-refractivity contribution in [2.24, 2.45) is 5.11 Å². The molecule has 148 valence electrons. The highest BCUT2D eigenvalue weighted by Crippen LogP contribution is 2.37. The van der Waals surface area contributed by atoms with Crippen LogP contribution in [0.3, 0.4) is 0 Å². The lowest BCUT2D eigenvalue weighted by molar-refractivity contribution is 0.220. The summed E-state index contributed by atoms with van der Waals surface area (Å²) >= 11 is 0. The normalized spacial score (nSPS) is 20.4. The van der Waals surface area contributed by atoms with Crippen molar-refractivity contribution in [3.63, 3.8) is 0 Å². The predicted molar refractivity (Wildman–Crippen MR) is 118 cm³/mol. The van der Waals surface area contributed by atoms with E-state index in [0.29, 0.717) is 6.61 Å². The third kappa shape index (κ3) is 4.31. The van der Waals surface area contributed by atoms with Crippen molar-refractivity contribution < 1.29 is 4.43 Å². The zero-order chi connectivity index (χ0) is 20.0. The summed E-state index contributed by atoms with van der Waals surface area (Å²) in [6.07, 6.45) is 1.87. The van der Waals surface area contributed by atoms with Crippen LogP contribution in [0.4, 0.5) is 0 Å². The smallest absolute Gasteiger partial charge is 0.261 e. The molecule has 0 aliphatic carbocycles. The van der Waals surface area contributed by atoms with E-state index >= 15 is 0 Å². The number of hydrogen-bond donors (Lipinski definition) is 1. The summed E-state index contributed by atoms with van der Waals surface area (Å²) in [4.78, 5) is 2.94. The molecule has 0 radical (unpaired) electrons. The monoisotopic (exact) mass is 394 g/mol. The zero-order valence-electron chi connectivity index (χ0n) is 17.0. The van der Waals surface area contributed by atoms with E-state index in [9.17, 15) is 0 Å². The Balaban J connectivity index is 1.90. The van der Waals surface area contributed by atoms with Gasteiger partial charge >= 0.3 is 0 Å². The molecule has 28 heavy (non-hydrogen) atoms. The van der Waals surface area contributed by atoms with Gasteiger partial charge in [0.2, 0.25) is 0 Å². The maximum absolute atomic E-state index is 8.65. The van der Waals surface area contributed by atoms with Gasteiger partial charge in [0, 0.05) is 23.5 Å². The van der Waals surface area contributed by atoms with Gasteiger partial charge in [-0.3, -0.25) is 0 Å². The molecule has 6 heteroatoms. The third-order valence-corrected chi connectivity index (χ3v) is 10.6. The topological polar surface area (TPSA) is 70.0 Å². The molecule has 3 rings (SSSR count). The predicted octanol–water partition coefficient (Wildman–Crippen LogP) is 3.99. The third-order valence-electron chi connectivity index (χ3n) is 5.62. The standard InChI is InChI=1S/C22H30N4OSi/c1-22(2,3)28(20-10-6-4-7-11-20,21-12-8-5-9-13-21)27-17-19-15-14-18(16-24-19)25-26-23/h4-13,18-19,24H,14-17H2,1-3H3. The van der Waals surface area contributed by atoms with E-state index in [1.807, 2.05) is 0 Å². The first-order valence-electron chi connectivity index (χ1n) is 10.00. The summed E-state index contributed by atoms with van der Waals surface area (Å²) < 4.78 is 6.97. The van der Waals surface area contributed by atoms with E-state index in [1.165, 1.54) is 10.4 Å². The van der Waals surface area contributed by atoms with Crippen LogP contribution in [0.5, 0.6) is 0 Å². The van der Waals surface area contributed by atoms with Gasteiger partial charge in [-0.25, -0.2) is 0 Å². The quantitative estimate of drug-likeness (QED) is 0.348. The molecule has 2 aromatic rings. The van der Waals surface area contributed by atoms with E-state index < -0.39 is 8.32 Å². The molecule has 2 atom stereocenters. The second-order valence-corrected chi connectivity index (χ2v) is 12.8. The maximum atomic E-state index is 8.65. The Morgan fingerprint density at radius 1 is 1.04 bits per heavy atom. The highest BCUT2D eigenvalue weighted by Gasteiger charge is 2.50. The molecule has 1 fully saturated rings. The molecular formula is C22H30N4OSi. The van der Waals surface area contributed by atoms with E-state index in [0.717, 1.165) is 19.4 Å². The number of hydrogen-bond acceptors (Lipinski definition) is 3. The van der Waals surface area contributed by atoms with Crippen molar-refractivity contribution in [3.8, 4) is 0 Å². The van der Waals surface area contributed by atoms with Gasteiger partial charge in [0.1, 0.15) is 0 Å². The summed E-state index contributed by atoms with van der Waals surface area (Å²) in [5.74, 6) is 0. The molecule has 0 amide bonds. The van der Waals surface area contributed by atoms with Crippen LogP contribution in [-0.4, -0.2) is 33.6 Å². The molecule has 0 bridgehead atoms. The lowest BCUT2D eigenvalue weighted by Crippen LogP contribution is -2.67. The van der Waals surface area contributed by atoms with Crippen LogP contribution in [0.1, 0.15) is 33.6 Å². The lowest BCUT2D eigenvalue weighted by atomic mass is 10.0. The van der Waals surface area contributed by atoms with Crippen LogP contribution in [0.2, 0.25) is 5.04 Å². The molecule has 1 saturated heterocycles. The molecule has 2 aromatic carbocycles. The molecule has 1 N–H and O–H groups in total. The van der Waals surface area contributed by atoms with Crippen molar-refractivity contribution in [3.05, 3.63) is 71.1 Å². The molecule has 0 aromatic heterocycles. The highest BCUT2D eigenvalue weighted by molar-refractivity contribution is 6.99. The van der Waals surface area contributed by atoms with Gasteiger partial charge in [-0.05, 0) is 33.8 Å². The fourth-order valence-corrected chi connectivity index (χ4v) is 8.81. The maximum Gasteiger partial charge on any atom is 0.261 e. The highest BCUT2D eigenvalue weighted by atomic mass is 28.4. The summed E-state index contributed by atoms with van der Waals surface area (Å²) in [6.45, 7) is 8.27. The molecule has 5 nitrogen and oxygen atoms in total. The van der Waals surface area contributed by atoms with Gasteiger partial charge in [-0.1, -0.05) is 86.5 Å². The molecular weight excluding hydrogens is 364 g/mol. The van der Waals surface area contributed by atoms with Gasteiger partial charge in [0.25, 0.3) is 8.32 Å². The first-order valence-corrected chi connectivity index (χ1v) is 11.9. The second-order valence-electron chi connectivity index (χ2n) is 8.52. The first kappa shape index (κ1) is 20.6. The fraction of sp³-hybridized carbons (Fsp3) is 0.455. The average molecular weight is 395 g/mol. The second kappa shape index (κ2) is 8.93. The van der Waals surface area contributed by atoms with Crippen LogP contribution in [0.15, 0.2) is 65.8 Å². The number of piperidine rings is 1. The molecule has 1 aliphatic heterocycles. The van der Waals surface area contributed by atoms with Crippen LogP contribution in [-0.2, 0) is 4.43 Å². The van der Waals surface area contributed by atoms with Crippen LogP contribution < -0.4 is 15.7 Å². The summed E-state index contributed by atoms with van der Waals surface area (Å²) in [5.41, 5.74) is 8.65. The van der Waals surface area contributed by atoms with Crippen molar-refractivity contribution in [1.82, 2.24) is 5.32 Å². The molecule has 2 unspecified atom stereocenters. The Morgan fingerprint density at radius 2 is 1.61 bits per heavy atom. The van der Waals surface area contributed by atoms with Crippen LogP contribution >= 0.6 is 0 Å². The molecule has 0 spiro atoms. The van der Waals surface area contributed by atoms with Gasteiger partial charge < -0.3 is 9.74 Å². The number of benzene rings is 2. The van der Waals surface area contributed by atoms with E-state index in [-0.39, 0.29) is 17.1 Å². The Labute approximate surface area is 168 Å². The number of rotatable bonds is 6. The largest absolute Gasteiger partial charge is 0.406 e. The molecule has 1 heterocycles. The Hall–Kier alpha value is -2.11. The van der Waals surface area contributed by atoms with Gasteiger partial charge in [0.15, 0.2) is 0 Å². The zero-order valence-corrected chi connectivity index (χ0v) is 18.0. The van der Waals surface area contributed by atoms with Crippen molar-refractivity contribution >= 4 is 18.7 Å². The summed E-state index contributed by atoms with van der Waals surface area (Å²) in [6, 6.07) is 21.8.